The first-order valence-electron chi connectivity index (χ1n) is 10.5. The molecule has 1 fully saturated rings. The van der Waals surface area contributed by atoms with E-state index >= 15 is 0 Å². The van der Waals surface area contributed by atoms with Gasteiger partial charge in [0.2, 0.25) is 0 Å². The average Bonchev–Trinajstić information content (AvgIpc) is 3.35. The van der Waals surface area contributed by atoms with E-state index in [1.54, 1.807) is 44.2 Å². The fraction of sp³-hybridized carbons (Fsp3) is 0.200. The van der Waals surface area contributed by atoms with Gasteiger partial charge in [-0.05, 0) is 55.3 Å². The van der Waals surface area contributed by atoms with Crippen LogP contribution in [0.3, 0.4) is 0 Å². The molecule has 0 bridgehead atoms. The number of ketones is 1. The third-order valence-electron chi connectivity index (χ3n) is 5.68. The van der Waals surface area contributed by atoms with Crippen molar-refractivity contribution in [1.29, 1.82) is 0 Å². The zero-order valence-electron chi connectivity index (χ0n) is 19.4. The van der Waals surface area contributed by atoms with E-state index in [4.69, 9.17) is 9.47 Å². The number of phenolic OH excluding ortho intramolecular Hbond substituents is 1. The van der Waals surface area contributed by atoms with Gasteiger partial charge in [-0.1, -0.05) is 23.5 Å². The Bertz CT molecular complexity index is 1370. The maximum atomic E-state index is 13.2. The molecule has 1 atom stereocenters. The van der Waals surface area contributed by atoms with Crippen LogP contribution >= 0.6 is 11.3 Å². The highest BCUT2D eigenvalue weighted by atomic mass is 32.1. The molecule has 9 nitrogen and oxygen atoms in total. The van der Waals surface area contributed by atoms with E-state index in [9.17, 15) is 24.6 Å². The lowest BCUT2D eigenvalue weighted by Crippen LogP contribution is -2.29. The van der Waals surface area contributed by atoms with E-state index in [0.29, 0.717) is 22.6 Å². The van der Waals surface area contributed by atoms with Crippen LogP contribution in [-0.2, 0) is 14.3 Å². The summed E-state index contributed by atoms with van der Waals surface area (Å²) < 4.78 is 10.1. The SMILES string of the molecule is COC(=O)c1sc(N2C(=O)C(=O)C(=C(O)c3ccc(OC)c(C)c3)C2c2ccc(O)cc2)nc1C. The van der Waals surface area contributed by atoms with Gasteiger partial charge in [0.15, 0.2) is 5.13 Å². The summed E-state index contributed by atoms with van der Waals surface area (Å²) in [7, 11) is 2.76. The van der Waals surface area contributed by atoms with Crippen molar-refractivity contribution in [2.45, 2.75) is 19.9 Å². The van der Waals surface area contributed by atoms with Crippen molar-refractivity contribution in [3.8, 4) is 11.5 Å². The molecule has 1 saturated heterocycles. The predicted octanol–water partition coefficient (Wildman–Crippen LogP) is 3.89. The number of ether oxygens (including phenoxy) is 2. The first-order valence-corrected chi connectivity index (χ1v) is 11.3. The molecule has 1 unspecified atom stereocenters. The molecule has 10 heteroatoms. The molecule has 1 amide bonds. The molecule has 3 aromatic rings. The van der Waals surface area contributed by atoms with E-state index < -0.39 is 23.7 Å². The summed E-state index contributed by atoms with van der Waals surface area (Å²) in [6.45, 7) is 3.39. The number of thiazole rings is 1. The van der Waals surface area contributed by atoms with Gasteiger partial charge in [0.25, 0.3) is 5.78 Å². The second kappa shape index (κ2) is 9.22. The number of carbonyl (C=O) groups is 3. The standard InChI is InChI=1S/C25H22N2O7S/c1-12-11-15(7-10-17(12)33-3)20(29)18-19(14-5-8-16(28)9-6-14)27(23(31)21(18)30)25-26-13(2)22(35-25)24(32)34-4/h5-11,19,28-29H,1-4H3. The monoisotopic (exact) mass is 494 g/mol. The number of nitrogens with zero attached hydrogens (tertiary/aromatic N) is 2. The maximum absolute atomic E-state index is 13.2. The fourth-order valence-electron chi connectivity index (χ4n) is 3.95. The number of aromatic nitrogens is 1. The van der Waals surface area contributed by atoms with Crippen LogP contribution in [0, 0.1) is 13.8 Å². The van der Waals surface area contributed by atoms with Gasteiger partial charge in [0.1, 0.15) is 22.1 Å². The normalized spacial score (nSPS) is 17.0. The first-order chi connectivity index (χ1) is 16.7. The number of anilines is 1. The molecule has 1 aliphatic heterocycles. The van der Waals surface area contributed by atoms with Crippen molar-refractivity contribution >= 4 is 39.9 Å². The third-order valence-corrected chi connectivity index (χ3v) is 6.82. The summed E-state index contributed by atoms with van der Waals surface area (Å²) >= 11 is 0.911. The summed E-state index contributed by atoms with van der Waals surface area (Å²) in [6.07, 6.45) is 0. The summed E-state index contributed by atoms with van der Waals surface area (Å²) in [6, 6.07) is 9.78. The van der Waals surface area contributed by atoms with E-state index in [0.717, 1.165) is 21.8 Å². The largest absolute Gasteiger partial charge is 0.508 e. The molecule has 2 aromatic carbocycles. The smallest absolute Gasteiger partial charge is 0.350 e. The number of methoxy groups -OCH3 is 2. The summed E-state index contributed by atoms with van der Waals surface area (Å²) in [5, 5.41) is 21.1. The molecule has 2 heterocycles. The minimum Gasteiger partial charge on any atom is -0.508 e. The zero-order valence-corrected chi connectivity index (χ0v) is 20.2. The highest BCUT2D eigenvalue weighted by molar-refractivity contribution is 7.17. The highest BCUT2D eigenvalue weighted by Gasteiger charge is 2.48. The van der Waals surface area contributed by atoms with Crippen molar-refractivity contribution in [3.05, 3.63) is 75.3 Å². The van der Waals surface area contributed by atoms with Gasteiger partial charge < -0.3 is 19.7 Å². The van der Waals surface area contributed by atoms with Crippen LogP contribution in [0.1, 0.15) is 38.1 Å². The maximum Gasteiger partial charge on any atom is 0.350 e. The number of hydrogen-bond acceptors (Lipinski definition) is 9. The molecule has 4 rings (SSSR count). The Kier molecular flexibility index (Phi) is 6.31. The van der Waals surface area contributed by atoms with Crippen LogP contribution in [-0.4, -0.2) is 47.1 Å². The minimum absolute atomic E-state index is 0.00505. The van der Waals surface area contributed by atoms with Gasteiger partial charge in [-0.2, -0.15) is 0 Å². The number of carbonyl (C=O) groups excluding carboxylic acids is 3. The van der Waals surface area contributed by atoms with E-state index in [2.05, 4.69) is 4.98 Å². The summed E-state index contributed by atoms with van der Waals surface area (Å²) in [4.78, 5) is 44.3. The number of aliphatic hydroxyl groups is 1. The van der Waals surface area contributed by atoms with Crippen LogP contribution in [0.2, 0.25) is 0 Å². The Morgan fingerprint density at radius 1 is 1.09 bits per heavy atom. The van der Waals surface area contributed by atoms with Gasteiger partial charge >= 0.3 is 11.9 Å². The number of aliphatic hydroxyl groups excluding tert-OH is 1. The number of Topliss-reactive ketones (excluding diaryl/α,β-unsaturated/α-hetero) is 1. The number of aromatic hydroxyl groups is 1. The van der Waals surface area contributed by atoms with Crippen molar-refractivity contribution in [2.24, 2.45) is 0 Å². The molecular weight excluding hydrogens is 472 g/mol. The van der Waals surface area contributed by atoms with Crippen LogP contribution < -0.4 is 9.64 Å². The van der Waals surface area contributed by atoms with Gasteiger partial charge in [0, 0.05) is 5.56 Å². The third kappa shape index (κ3) is 4.12. The Balaban J connectivity index is 1.93. The molecule has 0 saturated carbocycles. The average molecular weight is 495 g/mol. The molecule has 2 N–H and O–H groups in total. The molecule has 180 valence electrons. The number of phenols is 1. The van der Waals surface area contributed by atoms with Gasteiger partial charge in [-0.25, -0.2) is 9.78 Å². The van der Waals surface area contributed by atoms with Gasteiger partial charge in [0.05, 0.1) is 31.5 Å². The first kappa shape index (κ1) is 24.0. The van der Waals surface area contributed by atoms with Crippen molar-refractivity contribution in [2.75, 3.05) is 19.1 Å². The quantitative estimate of drug-likeness (QED) is 0.237. The molecule has 0 aliphatic carbocycles. The Morgan fingerprint density at radius 2 is 1.77 bits per heavy atom. The molecule has 1 aliphatic rings. The van der Waals surface area contributed by atoms with Crippen molar-refractivity contribution < 1.29 is 34.1 Å². The molecule has 0 radical (unpaired) electrons. The fourth-order valence-corrected chi connectivity index (χ4v) is 4.96. The number of rotatable bonds is 5. The second-order valence-electron chi connectivity index (χ2n) is 7.85. The molecule has 0 spiro atoms. The number of esters is 1. The number of benzene rings is 2. The number of hydrogen-bond donors (Lipinski definition) is 2. The predicted molar refractivity (Wildman–Crippen MR) is 129 cm³/mol. The molecule has 35 heavy (non-hydrogen) atoms. The Morgan fingerprint density at radius 3 is 2.37 bits per heavy atom. The van der Waals surface area contributed by atoms with Gasteiger partial charge in [-0.3, -0.25) is 14.5 Å². The number of amides is 1. The molecular formula is C25H22N2O7S. The van der Waals surface area contributed by atoms with Crippen LogP contribution in [0.15, 0.2) is 48.0 Å². The highest BCUT2D eigenvalue weighted by Crippen LogP contribution is 2.44. The summed E-state index contributed by atoms with van der Waals surface area (Å²) in [5.74, 6) is -2.18. The van der Waals surface area contributed by atoms with Crippen molar-refractivity contribution in [1.82, 2.24) is 4.98 Å². The van der Waals surface area contributed by atoms with Crippen LogP contribution in [0.25, 0.3) is 5.76 Å². The lowest BCUT2D eigenvalue weighted by molar-refractivity contribution is -0.132. The Labute approximate surface area is 204 Å². The van der Waals surface area contributed by atoms with E-state index in [-0.39, 0.29) is 27.1 Å². The Hall–Kier alpha value is -4.18. The number of aryl methyl sites for hydroxylation is 2. The van der Waals surface area contributed by atoms with Crippen LogP contribution in [0.5, 0.6) is 11.5 Å². The lowest BCUT2D eigenvalue weighted by Gasteiger charge is -2.23. The topological polar surface area (TPSA) is 126 Å². The van der Waals surface area contributed by atoms with E-state index in [1.165, 1.54) is 26.4 Å². The second-order valence-corrected chi connectivity index (χ2v) is 8.83. The molecule has 1 aromatic heterocycles. The van der Waals surface area contributed by atoms with Gasteiger partial charge in [-0.15, -0.1) is 0 Å². The van der Waals surface area contributed by atoms with E-state index in [1.807, 2.05) is 0 Å². The minimum atomic E-state index is -1.05. The van der Waals surface area contributed by atoms with Crippen molar-refractivity contribution in [3.63, 3.8) is 0 Å². The summed E-state index contributed by atoms with van der Waals surface area (Å²) in [5.41, 5.74) is 1.72. The van der Waals surface area contributed by atoms with Crippen LogP contribution in [0.4, 0.5) is 5.13 Å². The zero-order chi connectivity index (χ0) is 25.4. The lowest BCUT2D eigenvalue weighted by atomic mass is 9.95.